The first-order chi connectivity index (χ1) is 18.5. The van der Waals surface area contributed by atoms with Gasteiger partial charge in [-0.25, -0.2) is 0 Å². The molecule has 0 aliphatic heterocycles. The lowest BCUT2D eigenvalue weighted by Gasteiger charge is -2.18. The second-order valence-corrected chi connectivity index (χ2v) is 8.98. The van der Waals surface area contributed by atoms with E-state index in [1.807, 2.05) is 74.5 Å². The molecule has 4 N–H and O–H groups in total. The summed E-state index contributed by atoms with van der Waals surface area (Å²) in [6.45, 7) is 7.50. The number of fused-ring (bicyclic) bond motifs is 1. The minimum Gasteiger partial charge on any atom is -0.490 e. The third kappa shape index (κ3) is 6.42. The predicted molar refractivity (Wildman–Crippen MR) is 153 cm³/mol. The van der Waals surface area contributed by atoms with Crippen LogP contribution in [0, 0.1) is 0 Å². The molecule has 0 unspecified atom stereocenters. The highest BCUT2D eigenvalue weighted by atomic mass is 16.5. The van der Waals surface area contributed by atoms with Crippen molar-refractivity contribution in [2.45, 2.75) is 46.2 Å². The topological polar surface area (TPSA) is 98.5 Å². The molecule has 1 amide bonds. The number of ether oxygens (including phenoxy) is 2. The van der Waals surface area contributed by atoms with Crippen molar-refractivity contribution in [1.29, 1.82) is 0 Å². The summed E-state index contributed by atoms with van der Waals surface area (Å²) in [6.07, 6.45) is 3.08. The number of hydrogen-bond donors (Lipinski definition) is 3. The summed E-state index contributed by atoms with van der Waals surface area (Å²) < 4.78 is 11.6. The average Bonchev–Trinajstić information content (AvgIpc) is 2.93. The number of carbonyl (C=O) groups excluding carboxylic acids is 1. The van der Waals surface area contributed by atoms with Crippen LogP contribution in [-0.2, 0) is 24.2 Å². The SMILES string of the molecule is CCOc1cc2nccc(Nc3cccc(CNC(=O)[C@H](N)Cc4ccccc4)c3CC)c2cc1OCC. The van der Waals surface area contributed by atoms with E-state index in [2.05, 4.69) is 28.6 Å². The summed E-state index contributed by atoms with van der Waals surface area (Å²) >= 11 is 0. The Bertz CT molecular complexity index is 1370. The number of pyridine rings is 1. The van der Waals surface area contributed by atoms with Crippen LogP contribution in [0.25, 0.3) is 10.9 Å². The van der Waals surface area contributed by atoms with Crippen molar-refractivity contribution in [3.8, 4) is 11.5 Å². The average molecular weight is 513 g/mol. The van der Waals surface area contributed by atoms with Crippen LogP contribution in [0.3, 0.4) is 0 Å². The summed E-state index contributed by atoms with van der Waals surface area (Å²) in [7, 11) is 0. The first kappa shape index (κ1) is 26.9. The number of benzene rings is 3. The quantitative estimate of drug-likeness (QED) is 0.231. The number of rotatable bonds is 12. The van der Waals surface area contributed by atoms with Crippen LogP contribution in [0.15, 0.2) is 72.9 Å². The van der Waals surface area contributed by atoms with E-state index in [0.717, 1.165) is 45.4 Å². The largest absolute Gasteiger partial charge is 0.490 e. The molecule has 1 aromatic heterocycles. The smallest absolute Gasteiger partial charge is 0.237 e. The van der Waals surface area contributed by atoms with E-state index in [1.54, 1.807) is 6.20 Å². The third-order valence-corrected chi connectivity index (χ3v) is 6.39. The lowest BCUT2D eigenvalue weighted by atomic mass is 10.0. The monoisotopic (exact) mass is 512 g/mol. The summed E-state index contributed by atoms with van der Waals surface area (Å²) in [5, 5.41) is 7.56. The fraction of sp³-hybridized carbons (Fsp3) is 0.290. The number of nitrogens with one attached hydrogen (secondary N) is 2. The van der Waals surface area contributed by atoms with Gasteiger partial charge in [-0.05, 0) is 61.6 Å². The molecule has 198 valence electrons. The van der Waals surface area contributed by atoms with E-state index < -0.39 is 6.04 Å². The van der Waals surface area contributed by atoms with Gasteiger partial charge in [0.05, 0.1) is 24.8 Å². The molecule has 0 aliphatic rings. The first-order valence-electron chi connectivity index (χ1n) is 13.2. The summed E-state index contributed by atoms with van der Waals surface area (Å²) in [5.74, 6) is 1.21. The molecule has 38 heavy (non-hydrogen) atoms. The summed E-state index contributed by atoms with van der Waals surface area (Å²) in [4.78, 5) is 17.3. The van der Waals surface area contributed by atoms with Gasteiger partial charge in [0, 0.05) is 35.6 Å². The Balaban J connectivity index is 1.54. The predicted octanol–water partition coefficient (Wildman–Crippen LogP) is 5.52. The van der Waals surface area contributed by atoms with Gasteiger partial charge in [-0.2, -0.15) is 0 Å². The molecule has 4 rings (SSSR count). The van der Waals surface area contributed by atoms with Gasteiger partial charge in [-0.15, -0.1) is 0 Å². The molecule has 7 heteroatoms. The van der Waals surface area contributed by atoms with E-state index in [-0.39, 0.29) is 5.91 Å². The van der Waals surface area contributed by atoms with Crippen molar-refractivity contribution in [3.63, 3.8) is 0 Å². The van der Waals surface area contributed by atoms with Gasteiger partial charge < -0.3 is 25.8 Å². The third-order valence-electron chi connectivity index (χ3n) is 6.39. The van der Waals surface area contributed by atoms with Crippen molar-refractivity contribution in [1.82, 2.24) is 10.3 Å². The molecule has 0 aliphatic carbocycles. The van der Waals surface area contributed by atoms with Crippen LogP contribution in [0.4, 0.5) is 11.4 Å². The number of carbonyl (C=O) groups is 1. The fourth-order valence-electron chi connectivity index (χ4n) is 4.55. The van der Waals surface area contributed by atoms with Gasteiger partial charge in [0.25, 0.3) is 0 Å². The Kier molecular flexibility index (Phi) is 9.16. The van der Waals surface area contributed by atoms with E-state index in [9.17, 15) is 4.79 Å². The molecule has 0 spiro atoms. The maximum atomic E-state index is 12.7. The molecule has 0 bridgehead atoms. The van der Waals surface area contributed by atoms with Crippen LogP contribution in [-0.4, -0.2) is 30.1 Å². The molecular formula is C31H36N4O3. The lowest BCUT2D eigenvalue weighted by Crippen LogP contribution is -2.41. The minimum absolute atomic E-state index is 0.164. The Morgan fingerprint density at radius 1 is 0.921 bits per heavy atom. The van der Waals surface area contributed by atoms with Crippen molar-refractivity contribution in [2.75, 3.05) is 18.5 Å². The Morgan fingerprint density at radius 2 is 1.66 bits per heavy atom. The Hall–Kier alpha value is -4.10. The standard InChI is InChI=1S/C31H36N4O3/c1-4-23-22(20-34-31(36)25(32)17-21-11-8-7-9-12-21)13-10-14-26(23)35-27-15-16-33-28-19-30(38-6-3)29(37-5-2)18-24(27)28/h7-16,18-19,25H,4-6,17,20,32H2,1-3H3,(H,33,35)(H,34,36)/t25-/m1/s1. The Morgan fingerprint density at radius 3 is 2.37 bits per heavy atom. The van der Waals surface area contributed by atoms with Crippen LogP contribution in [0.2, 0.25) is 0 Å². The van der Waals surface area contributed by atoms with Gasteiger partial charge in [-0.3, -0.25) is 9.78 Å². The zero-order chi connectivity index (χ0) is 26.9. The van der Waals surface area contributed by atoms with Crippen molar-refractivity contribution < 1.29 is 14.3 Å². The molecule has 0 saturated carbocycles. The minimum atomic E-state index is -0.604. The van der Waals surface area contributed by atoms with Gasteiger partial charge in [0.2, 0.25) is 5.91 Å². The molecular weight excluding hydrogens is 476 g/mol. The normalized spacial score (nSPS) is 11.7. The highest BCUT2D eigenvalue weighted by Gasteiger charge is 2.16. The van der Waals surface area contributed by atoms with Crippen molar-refractivity contribution in [2.24, 2.45) is 5.73 Å². The van der Waals surface area contributed by atoms with E-state index in [0.29, 0.717) is 37.7 Å². The number of aromatic nitrogens is 1. The maximum absolute atomic E-state index is 12.7. The number of amides is 1. The highest BCUT2D eigenvalue weighted by Crippen LogP contribution is 2.36. The first-order valence-corrected chi connectivity index (χ1v) is 13.2. The molecule has 1 heterocycles. The molecule has 7 nitrogen and oxygen atoms in total. The molecule has 4 aromatic rings. The molecule has 1 atom stereocenters. The number of nitrogens with two attached hydrogens (primary N) is 1. The number of hydrogen-bond acceptors (Lipinski definition) is 6. The molecule has 0 fully saturated rings. The Labute approximate surface area is 224 Å². The van der Waals surface area contributed by atoms with Gasteiger partial charge in [-0.1, -0.05) is 49.4 Å². The van der Waals surface area contributed by atoms with Gasteiger partial charge >= 0.3 is 0 Å². The van der Waals surface area contributed by atoms with Crippen molar-refractivity contribution >= 4 is 28.2 Å². The summed E-state index contributed by atoms with van der Waals surface area (Å²) in [6, 6.07) is 21.1. The second-order valence-electron chi connectivity index (χ2n) is 8.98. The maximum Gasteiger partial charge on any atom is 0.237 e. The zero-order valence-electron chi connectivity index (χ0n) is 22.3. The second kappa shape index (κ2) is 12.9. The van der Waals surface area contributed by atoms with Crippen LogP contribution >= 0.6 is 0 Å². The summed E-state index contributed by atoms with van der Waals surface area (Å²) in [5.41, 5.74) is 12.1. The van der Waals surface area contributed by atoms with Crippen molar-refractivity contribution in [3.05, 3.63) is 89.6 Å². The van der Waals surface area contributed by atoms with Crippen LogP contribution < -0.4 is 25.8 Å². The van der Waals surface area contributed by atoms with Crippen LogP contribution in [0.5, 0.6) is 11.5 Å². The van der Waals surface area contributed by atoms with E-state index in [1.165, 1.54) is 0 Å². The fourth-order valence-corrected chi connectivity index (χ4v) is 4.55. The van der Waals surface area contributed by atoms with E-state index in [4.69, 9.17) is 15.2 Å². The van der Waals surface area contributed by atoms with Crippen LogP contribution in [0.1, 0.15) is 37.5 Å². The van der Waals surface area contributed by atoms with Gasteiger partial charge in [0.15, 0.2) is 11.5 Å². The molecule has 3 aromatic carbocycles. The number of anilines is 2. The molecule has 0 saturated heterocycles. The zero-order valence-corrected chi connectivity index (χ0v) is 22.3. The van der Waals surface area contributed by atoms with Gasteiger partial charge in [0.1, 0.15) is 0 Å². The number of nitrogens with zero attached hydrogens (tertiary/aromatic N) is 1. The highest BCUT2D eigenvalue weighted by molar-refractivity contribution is 5.95. The lowest BCUT2D eigenvalue weighted by molar-refractivity contribution is -0.122. The molecule has 0 radical (unpaired) electrons. The van der Waals surface area contributed by atoms with E-state index >= 15 is 0 Å².